The van der Waals surface area contributed by atoms with E-state index in [0.717, 1.165) is 28.7 Å². The molecule has 1 atom stereocenters. The summed E-state index contributed by atoms with van der Waals surface area (Å²) in [6.07, 6.45) is 14.9. The first-order chi connectivity index (χ1) is 12.8. The molecule has 0 saturated carbocycles. The van der Waals surface area contributed by atoms with Gasteiger partial charge in [-0.1, -0.05) is 78.9 Å². The van der Waals surface area contributed by atoms with Crippen LogP contribution >= 0.6 is 0 Å². The lowest BCUT2D eigenvalue weighted by Crippen LogP contribution is -2.00. The Morgan fingerprint density at radius 1 is 0.846 bits per heavy atom. The smallest absolute Gasteiger partial charge is 0.0997 e. The summed E-state index contributed by atoms with van der Waals surface area (Å²) >= 11 is 0. The zero-order valence-corrected chi connectivity index (χ0v) is 14.3. The maximum atomic E-state index is 9.17. The van der Waals surface area contributed by atoms with E-state index in [1.165, 1.54) is 0 Å². The van der Waals surface area contributed by atoms with Crippen LogP contribution in [0.3, 0.4) is 0 Å². The Morgan fingerprint density at radius 3 is 2.31 bits per heavy atom. The van der Waals surface area contributed by atoms with E-state index in [4.69, 9.17) is 5.26 Å². The van der Waals surface area contributed by atoms with Gasteiger partial charge in [0.15, 0.2) is 0 Å². The lowest BCUT2D eigenvalue weighted by Gasteiger charge is -2.11. The number of hydrogen-bond donors (Lipinski definition) is 0. The van der Waals surface area contributed by atoms with Gasteiger partial charge in [-0.15, -0.1) is 0 Å². The van der Waals surface area contributed by atoms with E-state index in [1.807, 2.05) is 60.7 Å². The van der Waals surface area contributed by atoms with E-state index in [2.05, 4.69) is 42.5 Å². The maximum Gasteiger partial charge on any atom is 0.0997 e. The van der Waals surface area contributed by atoms with Gasteiger partial charge in [-0.3, -0.25) is 0 Å². The summed E-state index contributed by atoms with van der Waals surface area (Å²) in [4.78, 5) is 0. The van der Waals surface area contributed by atoms with Crippen molar-refractivity contribution in [3.05, 3.63) is 101 Å². The first-order valence-electron chi connectivity index (χ1n) is 8.52. The van der Waals surface area contributed by atoms with Gasteiger partial charge in [0.05, 0.1) is 17.7 Å². The van der Waals surface area contributed by atoms with Crippen molar-refractivity contribution in [3.8, 4) is 12.1 Å². The molecule has 0 bridgehead atoms. The van der Waals surface area contributed by atoms with Crippen molar-refractivity contribution in [1.29, 1.82) is 10.5 Å². The monoisotopic (exact) mass is 334 g/mol. The first kappa shape index (κ1) is 17.2. The van der Waals surface area contributed by atoms with E-state index in [1.54, 1.807) is 0 Å². The highest BCUT2D eigenvalue weighted by molar-refractivity contribution is 5.73. The fourth-order valence-electron chi connectivity index (χ4n) is 2.83. The summed E-state index contributed by atoms with van der Waals surface area (Å²) in [6.45, 7) is 0. The summed E-state index contributed by atoms with van der Waals surface area (Å²) in [5, 5.41) is 18.3. The highest BCUT2D eigenvalue weighted by Crippen LogP contribution is 2.22. The van der Waals surface area contributed by atoms with Crippen LogP contribution in [0.4, 0.5) is 0 Å². The average Bonchev–Trinajstić information content (AvgIpc) is 2.72. The SMILES string of the molecule is N#CC1=CC=CCC1/C=C\c1ccc(/C=C\c2ccccc2C#N)cc1. The molecule has 2 aromatic rings. The summed E-state index contributed by atoms with van der Waals surface area (Å²) in [5.74, 6) is 0.159. The molecule has 26 heavy (non-hydrogen) atoms. The lowest BCUT2D eigenvalue weighted by molar-refractivity contribution is 0.792. The van der Waals surface area contributed by atoms with Crippen LogP contribution in [0.15, 0.2) is 78.4 Å². The van der Waals surface area contributed by atoms with Crippen molar-refractivity contribution in [2.45, 2.75) is 6.42 Å². The molecule has 0 spiro atoms. The van der Waals surface area contributed by atoms with E-state index < -0.39 is 0 Å². The third-order valence-electron chi connectivity index (χ3n) is 4.32. The summed E-state index contributed by atoms with van der Waals surface area (Å²) in [7, 11) is 0. The molecule has 3 rings (SSSR count). The molecule has 2 aromatic carbocycles. The minimum atomic E-state index is 0.159. The topological polar surface area (TPSA) is 47.6 Å². The fourth-order valence-corrected chi connectivity index (χ4v) is 2.83. The highest BCUT2D eigenvalue weighted by Gasteiger charge is 2.11. The second-order valence-electron chi connectivity index (χ2n) is 6.06. The Kier molecular flexibility index (Phi) is 5.61. The van der Waals surface area contributed by atoms with Gasteiger partial charge in [0.2, 0.25) is 0 Å². The van der Waals surface area contributed by atoms with Gasteiger partial charge < -0.3 is 0 Å². The molecule has 124 valence electrons. The predicted octanol–water partition coefficient (Wildman–Crippen LogP) is 5.77. The van der Waals surface area contributed by atoms with Crippen LogP contribution in [-0.2, 0) is 0 Å². The number of nitriles is 2. The second-order valence-corrected chi connectivity index (χ2v) is 6.06. The van der Waals surface area contributed by atoms with Crippen LogP contribution in [0.2, 0.25) is 0 Å². The van der Waals surface area contributed by atoms with Gasteiger partial charge in [-0.05, 0) is 35.3 Å². The molecule has 1 unspecified atom stereocenters. The van der Waals surface area contributed by atoms with Crippen molar-refractivity contribution >= 4 is 18.2 Å². The number of benzene rings is 2. The van der Waals surface area contributed by atoms with Crippen LogP contribution in [0.5, 0.6) is 0 Å². The molecule has 0 saturated heterocycles. The van der Waals surface area contributed by atoms with Gasteiger partial charge in [0.1, 0.15) is 0 Å². The van der Waals surface area contributed by atoms with Crippen LogP contribution in [-0.4, -0.2) is 0 Å². The van der Waals surface area contributed by atoms with E-state index in [0.29, 0.717) is 5.56 Å². The van der Waals surface area contributed by atoms with E-state index >= 15 is 0 Å². The van der Waals surface area contributed by atoms with Crippen LogP contribution < -0.4 is 0 Å². The second kappa shape index (κ2) is 8.47. The first-order valence-corrected chi connectivity index (χ1v) is 8.52. The third-order valence-corrected chi connectivity index (χ3v) is 4.32. The molecule has 0 amide bonds. The largest absolute Gasteiger partial charge is 0.193 e. The third kappa shape index (κ3) is 4.26. The Bertz CT molecular complexity index is 974. The molecule has 2 nitrogen and oxygen atoms in total. The van der Waals surface area contributed by atoms with Crippen molar-refractivity contribution in [1.82, 2.24) is 0 Å². The van der Waals surface area contributed by atoms with Crippen molar-refractivity contribution in [2.24, 2.45) is 5.92 Å². The Balaban J connectivity index is 1.69. The zero-order chi connectivity index (χ0) is 18.2. The molecule has 0 aliphatic heterocycles. The Morgan fingerprint density at radius 2 is 1.58 bits per heavy atom. The minimum absolute atomic E-state index is 0.159. The fraction of sp³-hybridized carbons (Fsp3) is 0.0833. The number of allylic oxidation sites excluding steroid dienone is 5. The van der Waals surface area contributed by atoms with Gasteiger partial charge in [0.25, 0.3) is 0 Å². The molecule has 1 aliphatic carbocycles. The Labute approximate surface area is 154 Å². The zero-order valence-electron chi connectivity index (χ0n) is 14.3. The van der Waals surface area contributed by atoms with Gasteiger partial charge in [-0.2, -0.15) is 10.5 Å². The minimum Gasteiger partial charge on any atom is -0.193 e. The number of hydrogen-bond acceptors (Lipinski definition) is 2. The average molecular weight is 334 g/mol. The normalized spacial score (nSPS) is 16.4. The number of nitrogens with zero attached hydrogens (tertiary/aromatic N) is 2. The van der Waals surface area contributed by atoms with E-state index in [-0.39, 0.29) is 5.92 Å². The summed E-state index contributed by atoms with van der Waals surface area (Å²) in [5.41, 5.74) is 4.57. The van der Waals surface area contributed by atoms with Crippen LogP contribution in [0.1, 0.15) is 28.7 Å². The molecular formula is C24H18N2. The van der Waals surface area contributed by atoms with Crippen molar-refractivity contribution in [2.75, 3.05) is 0 Å². The molecule has 0 aromatic heterocycles. The lowest BCUT2D eigenvalue weighted by atomic mass is 9.91. The van der Waals surface area contributed by atoms with E-state index in [9.17, 15) is 5.26 Å². The molecule has 0 heterocycles. The maximum absolute atomic E-state index is 9.17. The molecule has 1 aliphatic rings. The van der Waals surface area contributed by atoms with Gasteiger partial charge in [0, 0.05) is 11.5 Å². The molecule has 2 heteroatoms. The van der Waals surface area contributed by atoms with Gasteiger partial charge in [-0.25, -0.2) is 0 Å². The molecule has 0 N–H and O–H groups in total. The van der Waals surface area contributed by atoms with Crippen LogP contribution in [0, 0.1) is 28.6 Å². The highest BCUT2D eigenvalue weighted by atomic mass is 14.3. The number of rotatable bonds is 4. The molecular weight excluding hydrogens is 316 g/mol. The van der Waals surface area contributed by atoms with Crippen LogP contribution in [0.25, 0.3) is 18.2 Å². The Hall–Kier alpha value is -3.62. The quantitative estimate of drug-likeness (QED) is 0.667. The van der Waals surface area contributed by atoms with Crippen molar-refractivity contribution < 1.29 is 0 Å². The molecule has 0 radical (unpaired) electrons. The van der Waals surface area contributed by atoms with Crippen molar-refractivity contribution in [3.63, 3.8) is 0 Å². The summed E-state index contributed by atoms with van der Waals surface area (Å²) < 4.78 is 0. The standard InChI is InChI=1S/C24H18N2/c25-17-23-7-3-1-5-21(23)15-13-19-9-11-20(12-10-19)14-16-22-6-2-4-8-24(22)18-26/h1-5,7-16,22H,6H2/b15-13-,16-14-. The van der Waals surface area contributed by atoms with Gasteiger partial charge >= 0.3 is 0 Å². The predicted molar refractivity (Wildman–Crippen MR) is 107 cm³/mol. The molecule has 0 fully saturated rings. The summed E-state index contributed by atoms with van der Waals surface area (Å²) in [6, 6.07) is 20.2.